The molecule has 39 heavy (non-hydrogen) atoms. The number of hydrogen-bond donors (Lipinski definition) is 4. The van der Waals surface area contributed by atoms with Crippen molar-refractivity contribution in [2.75, 3.05) is 47.8 Å². The minimum Gasteiger partial charge on any atom is -0.394 e. The summed E-state index contributed by atoms with van der Waals surface area (Å²) in [6, 6.07) is 17.1. The van der Waals surface area contributed by atoms with E-state index in [-0.39, 0.29) is 12.6 Å². The van der Waals surface area contributed by atoms with Gasteiger partial charge in [-0.25, -0.2) is 14.0 Å². The third-order valence-electron chi connectivity index (χ3n) is 5.67. The summed E-state index contributed by atoms with van der Waals surface area (Å²) >= 11 is 1.58. The highest BCUT2D eigenvalue weighted by Crippen LogP contribution is 2.31. The predicted octanol–water partition coefficient (Wildman–Crippen LogP) is 5.50. The molecule has 1 unspecified atom stereocenters. The van der Waals surface area contributed by atoms with Crippen molar-refractivity contribution in [2.45, 2.75) is 17.9 Å². The Labute approximate surface area is 232 Å². The number of nitrogens with one attached hydrogen (secondary N) is 3. The Kier molecular flexibility index (Phi) is 8.79. The normalized spacial score (nSPS) is 13.2. The average molecular weight is 566 g/mol. The van der Waals surface area contributed by atoms with Crippen LogP contribution in [0.25, 0.3) is 10.4 Å². The number of carbonyl (C=O) groups is 1. The quantitative estimate of drug-likeness (QED) is 0.209. The van der Waals surface area contributed by atoms with Crippen LogP contribution in [0.5, 0.6) is 0 Å². The topological polar surface area (TPSA) is 132 Å². The maximum Gasteiger partial charge on any atom is 0.353 e. The van der Waals surface area contributed by atoms with Crippen LogP contribution in [0.3, 0.4) is 0 Å². The van der Waals surface area contributed by atoms with Crippen LogP contribution in [0.4, 0.5) is 33.6 Å². The van der Waals surface area contributed by atoms with E-state index in [1.165, 1.54) is 6.26 Å². The van der Waals surface area contributed by atoms with Crippen molar-refractivity contribution in [1.29, 1.82) is 0 Å². The second-order valence-electron chi connectivity index (χ2n) is 9.08. The summed E-state index contributed by atoms with van der Waals surface area (Å²) in [6.45, 7) is 1.82. The van der Waals surface area contributed by atoms with E-state index in [2.05, 4.69) is 30.3 Å². The highest BCUT2D eigenvalue weighted by Gasteiger charge is 2.14. The van der Waals surface area contributed by atoms with Gasteiger partial charge in [0.1, 0.15) is 5.82 Å². The average Bonchev–Trinajstić information content (AvgIpc) is 3.44. The van der Waals surface area contributed by atoms with Gasteiger partial charge in [-0.2, -0.15) is 4.98 Å². The van der Waals surface area contributed by atoms with Crippen LogP contribution in [-0.2, 0) is 9.73 Å². The fraction of sp³-hybridized carbons (Fsp3) is 0.222. The third-order valence-corrected chi connectivity index (χ3v) is 8.24. The predicted molar refractivity (Wildman–Crippen MR) is 160 cm³/mol. The minimum atomic E-state index is -2.98. The Morgan fingerprint density at radius 3 is 2.41 bits per heavy atom. The van der Waals surface area contributed by atoms with Crippen molar-refractivity contribution < 1.29 is 14.1 Å². The molecule has 0 spiro atoms. The van der Waals surface area contributed by atoms with Gasteiger partial charge < -0.3 is 26.0 Å². The Balaban J connectivity index is 1.48. The zero-order valence-electron chi connectivity index (χ0n) is 22.1. The smallest absolute Gasteiger partial charge is 0.353 e. The molecule has 4 aromatic rings. The number of nitrogens with zero attached hydrogens (tertiary/aromatic N) is 4. The number of carbonyl (C=O) groups excluding carboxylic acids is 1. The van der Waals surface area contributed by atoms with Gasteiger partial charge in [0.15, 0.2) is 0 Å². The van der Waals surface area contributed by atoms with Gasteiger partial charge in [-0.05, 0) is 66.9 Å². The second-order valence-corrected chi connectivity index (χ2v) is 12.3. The van der Waals surface area contributed by atoms with Gasteiger partial charge in [0.2, 0.25) is 5.95 Å². The highest BCUT2D eigenvalue weighted by molar-refractivity contribution is 7.93. The molecule has 4 N–H and O–H groups in total. The summed E-state index contributed by atoms with van der Waals surface area (Å²) in [7, 11) is 0.878. The summed E-state index contributed by atoms with van der Waals surface area (Å²) in [5.41, 5.74) is 3.07. The first-order valence-corrected chi connectivity index (χ1v) is 14.9. The summed E-state index contributed by atoms with van der Waals surface area (Å²) < 4.78 is 17.1. The molecule has 10 nitrogen and oxygen atoms in total. The molecule has 0 saturated heterocycles. The summed E-state index contributed by atoms with van der Waals surface area (Å²) in [6.07, 6.45) is 3.16. The molecule has 0 radical (unpaired) electrons. The van der Waals surface area contributed by atoms with Crippen molar-refractivity contribution in [3.63, 3.8) is 0 Å². The van der Waals surface area contributed by atoms with Gasteiger partial charge in [0.05, 0.1) is 21.9 Å². The molecule has 0 fully saturated rings. The lowest BCUT2D eigenvalue weighted by Crippen LogP contribution is -2.21. The fourth-order valence-corrected chi connectivity index (χ4v) is 5.41. The van der Waals surface area contributed by atoms with Gasteiger partial charge in [0, 0.05) is 59.4 Å². The maximum absolute atomic E-state index is 13.2. The number of benzene rings is 2. The Morgan fingerprint density at radius 2 is 1.79 bits per heavy atom. The Bertz CT molecular complexity index is 1530. The zero-order chi connectivity index (χ0) is 28.0. The fourth-order valence-electron chi connectivity index (χ4n) is 3.56. The molecule has 2 amide bonds. The molecular weight excluding hydrogens is 534 g/mol. The van der Waals surface area contributed by atoms with Gasteiger partial charge in [-0.1, -0.05) is 6.07 Å². The minimum absolute atomic E-state index is 0.0415. The molecule has 4 rings (SSSR count). The van der Waals surface area contributed by atoms with Crippen LogP contribution in [-0.4, -0.2) is 58.3 Å². The number of rotatable bonds is 9. The molecule has 0 aliphatic heterocycles. The van der Waals surface area contributed by atoms with Crippen LogP contribution in [0.1, 0.15) is 6.92 Å². The van der Waals surface area contributed by atoms with E-state index in [1.807, 2.05) is 55.6 Å². The molecule has 2 heterocycles. The molecule has 2 aromatic heterocycles. The number of aliphatic hydroxyl groups excluding tert-OH is 1. The van der Waals surface area contributed by atoms with Crippen LogP contribution >= 0.6 is 11.3 Å². The summed E-state index contributed by atoms with van der Waals surface area (Å²) in [4.78, 5) is 24.9. The van der Waals surface area contributed by atoms with Crippen LogP contribution in [0.2, 0.25) is 0 Å². The van der Waals surface area contributed by atoms with E-state index in [0.29, 0.717) is 28.0 Å². The van der Waals surface area contributed by atoms with Crippen LogP contribution < -0.4 is 20.9 Å². The number of thiophene rings is 1. The monoisotopic (exact) mass is 565 g/mol. The van der Waals surface area contributed by atoms with Crippen molar-refractivity contribution >= 4 is 55.9 Å². The van der Waals surface area contributed by atoms with Crippen LogP contribution in [0.15, 0.2) is 81.5 Å². The van der Waals surface area contributed by atoms with E-state index in [9.17, 15) is 14.1 Å². The third kappa shape index (κ3) is 7.31. The van der Waals surface area contributed by atoms with Crippen molar-refractivity contribution in [1.82, 2.24) is 9.97 Å². The van der Waals surface area contributed by atoms with Crippen LogP contribution in [0, 0.1) is 0 Å². The number of aromatic nitrogens is 2. The highest BCUT2D eigenvalue weighted by atomic mass is 32.2. The molecule has 204 valence electrons. The van der Waals surface area contributed by atoms with Gasteiger partial charge >= 0.3 is 6.03 Å². The molecule has 0 aliphatic carbocycles. The molecule has 0 saturated carbocycles. The lowest BCUT2D eigenvalue weighted by molar-refractivity contribution is 0.260. The van der Waals surface area contributed by atoms with Gasteiger partial charge in [-0.15, -0.1) is 15.7 Å². The molecule has 12 heteroatoms. The number of hydrogen-bond acceptors (Lipinski definition) is 9. The summed E-state index contributed by atoms with van der Waals surface area (Å²) in [5, 5.41) is 20.5. The SMILES string of the molecule is C[C@H](CO)Nc1nc(Nc2ccc(S(C)(=O)=NC(=O)Nc3ccc(N(C)C)cc3)cc2)ncc1-c1cccs1. The van der Waals surface area contributed by atoms with Crippen molar-refractivity contribution in [2.24, 2.45) is 4.36 Å². The lowest BCUT2D eigenvalue weighted by Gasteiger charge is -2.16. The van der Waals surface area contributed by atoms with Gasteiger partial charge in [0.25, 0.3) is 0 Å². The van der Waals surface area contributed by atoms with E-state index in [4.69, 9.17) is 0 Å². The molecule has 0 aliphatic rings. The van der Waals surface area contributed by atoms with Crippen molar-refractivity contribution in [3.8, 4) is 10.4 Å². The van der Waals surface area contributed by atoms with E-state index < -0.39 is 15.8 Å². The number of anilines is 5. The number of amides is 2. The maximum atomic E-state index is 13.2. The van der Waals surface area contributed by atoms with Crippen molar-refractivity contribution in [3.05, 3.63) is 72.2 Å². The number of aliphatic hydroxyl groups is 1. The Hall–Kier alpha value is -4.00. The van der Waals surface area contributed by atoms with E-state index >= 15 is 0 Å². The first-order chi connectivity index (χ1) is 18.6. The first-order valence-electron chi connectivity index (χ1n) is 12.1. The summed E-state index contributed by atoms with van der Waals surface area (Å²) in [5.74, 6) is 0.961. The lowest BCUT2D eigenvalue weighted by atomic mass is 10.2. The Morgan fingerprint density at radius 1 is 1.10 bits per heavy atom. The van der Waals surface area contributed by atoms with E-state index in [0.717, 1.165) is 16.1 Å². The standard InChI is InChI=1S/C27H31N7O3S2/c1-18(17-35)29-25-23(24-6-5-15-38-24)16-28-26(32-25)30-19-9-13-22(14-10-19)39(4,37)33-27(36)31-20-7-11-21(12-8-20)34(2)3/h5-16,18,35H,17H2,1-4H3,(H,31,36)(H2,28,29,30,32)/t18-,39?/m1/s1. The molecular formula is C27H31N7O3S2. The zero-order valence-corrected chi connectivity index (χ0v) is 23.7. The molecule has 0 bridgehead atoms. The molecule has 2 aromatic carbocycles. The molecule has 2 atom stereocenters. The van der Waals surface area contributed by atoms with Gasteiger partial charge in [-0.3, -0.25) is 0 Å². The van der Waals surface area contributed by atoms with E-state index in [1.54, 1.807) is 53.9 Å². The first kappa shape index (κ1) is 28.0. The largest absolute Gasteiger partial charge is 0.394 e. The second kappa shape index (κ2) is 12.2. The number of urea groups is 1.